The van der Waals surface area contributed by atoms with Gasteiger partial charge in [-0.15, -0.1) is 0 Å². The predicted octanol–water partition coefficient (Wildman–Crippen LogP) is 2.81. The Hall–Kier alpha value is -2.63. The van der Waals surface area contributed by atoms with Crippen LogP contribution in [0.25, 0.3) is 0 Å². The third-order valence-electron chi connectivity index (χ3n) is 3.05. The van der Waals surface area contributed by atoms with Crippen molar-refractivity contribution in [2.45, 2.75) is 33.1 Å². The molecule has 0 saturated heterocycles. The fourth-order valence-electron chi connectivity index (χ4n) is 2.03. The lowest BCUT2D eigenvalue weighted by Gasteiger charge is -2.08. The summed E-state index contributed by atoms with van der Waals surface area (Å²) in [6.07, 6.45) is 2.85. The van der Waals surface area contributed by atoms with Crippen LogP contribution in [0.1, 0.15) is 32.4 Å². The number of unbranched alkanes of at least 4 members (excludes halogenated alkanes) is 1. The van der Waals surface area contributed by atoms with E-state index in [0.717, 1.165) is 36.3 Å². The summed E-state index contributed by atoms with van der Waals surface area (Å²) in [5.41, 5.74) is 2.11. The van der Waals surface area contributed by atoms with Crippen molar-refractivity contribution in [3.05, 3.63) is 46.4 Å². The number of carbonyl (C=O) groups is 1. The van der Waals surface area contributed by atoms with Gasteiger partial charge in [0.25, 0.3) is 5.56 Å². The minimum Gasteiger partial charge on any atom is -0.326 e. The van der Waals surface area contributed by atoms with Gasteiger partial charge in [0.2, 0.25) is 11.9 Å². The smallest absolute Gasteiger partial charge is 0.252 e. The molecule has 1 amide bonds. The average Bonchev–Trinajstić information content (AvgIpc) is 2.46. The van der Waals surface area contributed by atoms with E-state index in [1.54, 1.807) is 12.1 Å². The number of carbonyl (C=O) groups excluding carboxylic acids is 1. The molecule has 1 aromatic carbocycles. The van der Waals surface area contributed by atoms with Crippen LogP contribution in [0.15, 0.2) is 35.1 Å². The second-order valence-electron chi connectivity index (χ2n) is 5.07. The molecule has 2 aromatic rings. The minimum atomic E-state index is -0.168. The molecule has 0 fully saturated rings. The summed E-state index contributed by atoms with van der Waals surface area (Å²) >= 11 is 0. The van der Waals surface area contributed by atoms with Crippen LogP contribution in [-0.4, -0.2) is 15.9 Å². The lowest BCUT2D eigenvalue weighted by atomic mass is 10.2. The summed E-state index contributed by atoms with van der Waals surface area (Å²) in [5.74, 6) is 0.307. The summed E-state index contributed by atoms with van der Waals surface area (Å²) in [4.78, 5) is 29.7. The van der Waals surface area contributed by atoms with Gasteiger partial charge in [0.15, 0.2) is 0 Å². The topological polar surface area (TPSA) is 86.9 Å². The molecule has 6 nitrogen and oxygen atoms in total. The van der Waals surface area contributed by atoms with E-state index in [0.29, 0.717) is 5.95 Å². The molecule has 0 unspecified atom stereocenters. The van der Waals surface area contributed by atoms with Crippen LogP contribution in [0.5, 0.6) is 0 Å². The first kappa shape index (κ1) is 15.8. The standard InChI is InChI=1S/C16H20N4O2/c1-3-4-5-14-10-15(22)20-16(19-14)18-13-8-6-12(7-9-13)17-11(2)21/h6-10H,3-5H2,1-2H3,(H,17,21)(H2,18,19,20,22). The van der Waals surface area contributed by atoms with Crippen molar-refractivity contribution in [2.75, 3.05) is 10.6 Å². The zero-order chi connectivity index (χ0) is 15.9. The Kier molecular flexibility index (Phi) is 5.30. The van der Waals surface area contributed by atoms with Gasteiger partial charge in [-0.3, -0.25) is 14.6 Å². The van der Waals surface area contributed by atoms with Crippen LogP contribution in [0.3, 0.4) is 0 Å². The van der Waals surface area contributed by atoms with Crippen molar-refractivity contribution in [3.63, 3.8) is 0 Å². The number of aromatic nitrogens is 2. The quantitative estimate of drug-likeness (QED) is 0.765. The van der Waals surface area contributed by atoms with Gasteiger partial charge in [0.1, 0.15) is 0 Å². The number of aromatic amines is 1. The highest BCUT2D eigenvalue weighted by atomic mass is 16.1. The van der Waals surface area contributed by atoms with E-state index in [4.69, 9.17) is 0 Å². The van der Waals surface area contributed by atoms with E-state index in [-0.39, 0.29) is 11.5 Å². The molecule has 0 saturated carbocycles. The molecular weight excluding hydrogens is 280 g/mol. The lowest BCUT2D eigenvalue weighted by Crippen LogP contribution is -2.12. The van der Waals surface area contributed by atoms with Gasteiger partial charge in [-0.1, -0.05) is 13.3 Å². The molecule has 116 valence electrons. The Morgan fingerprint density at radius 3 is 2.55 bits per heavy atom. The number of aryl methyl sites for hydroxylation is 1. The average molecular weight is 300 g/mol. The van der Waals surface area contributed by atoms with Crippen LogP contribution in [0.2, 0.25) is 0 Å². The number of rotatable bonds is 6. The van der Waals surface area contributed by atoms with Crippen LogP contribution >= 0.6 is 0 Å². The van der Waals surface area contributed by atoms with Crippen molar-refractivity contribution in [1.82, 2.24) is 9.97 Å². The van der Waals surface area contributed by atoms with Crippen molar-refractivity contribution in [3.8, 4) is 0 Å². The number of amides is 1. The van der Waals surface area contributed by atoms with Gasteiger partial charge in [0, 0.05) is 30.1 Å². The van der Waals surface area contributed by atoms with Crippen molar-refractivity contribution >= 4 is 23.2 Å². The SMILES string of the molecule is CCCCc1cc(=O)[nH]c(Nc2ccc(NC(C)=O)cc2)n1. The second-order valence-corrected chi connectivity index (χ2v) is 5.07. The summed E-state index contributed by atoms with van der Waals surface area (Å²) in [6.45, 7) is 3.56. The molecule has 22 heavy (non-hydrogen) atoms. The van der Waals surface area contributed by atoms with Gasteiger partial charge in [-0.2, -0.15) is 0 Å². The molecule has 0 bridgehead atoms. The molecule has 1 heterocycles. The molecule has 2 rings (SSSR count). The van der Waals surface area contributed by atoms with Crippen LogP contribution in [0.4, 0.5) is 17.3 Å². The number of nitrogens with one attached hydrogen (secondary N) is 3. The first-order chi connectivity index (χ1) is 10.6. The van der Waals surface area contributed by atoms with Gasteiger partial charge >= 0.3 is 0 Å². The normalized spacial score (nSPS) is 10.3. The van der Waals surface area contributed by atoms with Crippen LogP contribution in [-0.2, 0) is 11.2 Å². The molecule has 0 aliphatic carbocycles. The molecule has 0 spiro atoms. The summed E-state index contributed by atoms with van der Waals surface area (Å²) < 4.78 is 0. The maximum atomic E-state index is 11.7. The molecule has 3 N–H and O–H groups in total. The number of anilines is 3. The van der Waals surface area contributed by atoms with Crippen molar-refractivity contribution in [1.29, 1.82) is 0 Å². The molecule has 6 heteroatoms. The highest BCUT2D eigenvalue weighted by Crippen LogP contribution is 2.16. The third-order valence-corrected chi connectivity index (χ3v) is 3.05. The lowest BCUT2D eigenvalue weighted by molar-refractivity contribution is -0.114. The van der Waals surface area contributed by atoms with E-state index < -0.39 is 0 Å². The predicted molar refractivity (Wildman–Crippen MR) is 87.5 cm³/mol. The highest BCUT2D eigenvalue weighted by molar-refractivity contribution is 5.88. The van der Waals surface area contributed by atoms with Gasteiger partial charge in [-0.25, -0.2) is 4.98 Å². The molecule has 0 atom stereocenters. The van der Waals surface area contributed by atoms with E-state index >= 15 is 0 Å². The van der Waals surface area contributed by atoms with E-state index in [1.165, 1.54) is 13.0 Å². The third kappa shape index (κ3) is 4.73. The number of hydrogen-bond donors (Lipinski definition) is 3. The Morgan fingerprint density at radius 1 is 1.23 bits per heavy atom. The van der Waals surface area contributed by atoms with Crippen molar-refractivity contribution < 1.29 is 4.79 Å². The zero-order valence-corrected chi connectivity index (χ0v) is 12.8. The number of nitrogens with zero attached hydrogens (tertiary/aromatic N) is 1. The van der Waals surface area contributed by atoms with E-state index in [9.17, 15) is 9.59 Å². The highest BCUT2D eigenvalue weighted by Gasteiger charge is 2.02. The van der Waals surface area contributed by atoms with E-state index in [1.807, 2.05) is 12.1 Å². The van der Waals surface area contributed by atoms with Gasteiger partial charge in [0.05, 0.1) is 0 Å². The number of hydrogen-bond acceptors (Lipinski definition) is 4. The van der Waals surface area contributed by atoms with Crippen LogP contribution < -0.4 is 16.2 Å². The fourth-order valence-corrected chi connectivity index (χ4v) is 2.03. The van der Waals surface area contributed by atoms with Crippen LogP contribution in [0, 0.1) is 0 Å². The van der Waals surface area contributed by atoms with Crippen molar-refractivity contribution in [2.24, 2.45) is 0 Å². The monoisotopic (exact) mass is 300 g/mol. The number of benzene rings is 1. The molecule has 0 radical (unpaired) electrons. The molecule has 0 aliphatic rings. The Morgan fingerprint density at radius 2 is 1.91 bits per heavy atom. The maximum absolute atomic E-state index is 11.7. The first-order valence-corrected chi connectivity index (χ1v) is 7.31. The van der Waals surface area contributed by atoms with E-state index in [2.05, 4.69) is 27.5 Å². The largest absolute Gasteiger partial charge is 0.326 e. The van der Waals surface area contributed by atoms with Gasteiger partial charge in [-0.05, 0) is 37.1 Å². The molecular formula is C16H20N4O2. The maximum Gasteiger partial charge on any atom is 0.252 e. The Labute approximate surface area is 129 Å². The Balaban J connectivity index is 2.11. The van der Waals surface area contributed by atoms with Gasteiger partial charge < -0.3 is 10.6 Å². The fraction of sp³-hybridized carbons (Fsp3) is 0.312. The summed E-state index contributed by atoms with van der Waals surface area (Å²) in [6, 6.07) is 8.71. The number of H-pyrrole nitrogens is 1. The Bertz CT molecular complexity index is 692. The minimum absolute atomic E-state index is 0.115. The summed E-state index contributed by atoms with van der Waals surface area (Å²) in [5, 5.41) is 5.76. The summed E-state index contributed by atoms with van der Waals surface area (Å²) in [7, 11) is 0. The first-order valence-electron chi connectivity index (χ1n) is 7.31. The second kappa shape index (κ2) is 7.40. The zero-order valence-electron chi connectivity index (χ0n) is 12.8. The molecule has 0 aliphatic heterocycles. The molecule has 1 aromatic heterocycles.